The zero-order valence-corrected chi connectivity index (χ0v) is 19.1. The number of hydrogen-bond donors (Lipinski definition) is 2. The maximum Gasteiger partial charge on any atom is 0.433 e. The fraction of sp³-hybridized carbons (Fsp3) is 0.174. The fourth-order valence-electron chi connectivity index (χ4n) is 4.00. The summed E-state index contributed by atoms with van der Waals surface area (Å²) in [7, 11) is 1.46. The molecule has 0 fully saturated rings. The largest absolute Gasteiger partial charge is 0.494 e. The van der Waals surface area contributed by atoms with E-state index < -0.39 is 17.4 Å². The third-order valence-corrected chi connectivity index (χ3v) is 5.67. The molecule has 0 saturated carbocycles. The van der Waals surface area contributed by atoms with Crippen molar-refractivity contribution in [1.29, 1.82) is 0 Å². The number of hydrogen-bond acceptors (Lipinski definition) is 6. The van der Waals surface area contributed by atoms with Gasteiger partial charge in [0.15, 0.2) is 16.7 Å². The van der Waals surface area contributed by atoms with Gasteiger partial charge in [0.2, 0.25) is 5.89 Å². The van der Waals surface area contributed by atoms with E-state index in [1.54, 1.807) is 30.3 Å². The molecule has 0 unspecified atom stereocenters. The predicted octanol–water partition coefficient (Wildman–Crippen LogP) is 5.08. The summed E-state index contributed by atoms with van der Waals surface area (Å²) in [4.78, 5) is 24.7. The normalized spacial score (nSPS) is 12.1. The molecule has 3 aromatic heterocycles. The van der Waals surface area contributed by atoms with E-state index in [4.69, 9.17) is 20.9 Å². The second kappa shape index (κ2) is 8.43. The lowest BCUT2D eigenvalue weighted by Gasteiger charge is -2.07. The van der Waals surface area contributed by atoms with E-state index in [1.165, 1.54) is 26.2 Å². The fourth-order valence-corrected chi connectivity index (χ4v) is 4.16. The van der Waals surface area contributed by atoms with Crippen molar-refractivity contribution in [3.8, 4) is 28.3 Å². The van der Waals surface area contributed by atoms with E-state index in [1.807, 2.05) is 0 Å². The van der Waals surface area contributed by atoms with Crippen LogP contribution < -0.4 is 15.1 Å². The molecule has 0 aliphatic rings. The van der Waals surface area contributed by atoms with Gasteiger partial charge in [-0.15, -0.1) is 0 Å². The van der Waals surface area contributed by atoms with Crippen molar-refractivity contribution in [3.63, 3.8) is 0 Å². The van der Waals surface area contributed by atoms with Crippen molar-refractivity contribution in [2.75, 3.05) is 7.11 Å². The summed E-state index contributed by atoms with van der Waals surface area (Å²) in [6.45, 7) is 1.82. The van der Waals surface area contributed by atoms with Crippen molar-refractivity contribution in [2.45, 2.75) is 19.6 Å². The Morgan fingerprint density at radius 3 is 2.57 bits per heavy atom. The maximum atomic E-state index is 13.9. The first kappa shape index (κ1) is 22.9. The molecule has 0 atom stereocenters. The van der Waals surface area contributed by atoms with Crippen molar-refractivity contribution < 1.29 is 22.3 Å². The van der Waals surface area contributed by atoms with Crippen LogP contribution in [0.5, 0.6) is 5.75 Å². The Bertz CT molecular complexity index is 1620. The van der Waals surface area contributed by atoms with Gasteiger partial charge in [-0.1, -0.05) is 30.3 Å². The first-order valence-corrected chi connectivity index (χ1v) is 10.7. The highest BCUT2D eigenvalue weighted by Crippen LogP contribution is 2.39. The zero-order chi connectivity index (χ0) is 24.9. The summed E-state index contributed by atoms with van der Waals surface area (Å²) in [5.41, 5.74) is -0.488. The van der Waals surface area contributed by atoms with Gasteiger partial charge in [-0.05, 0) is 42.0 Å². The number of benzene rings is 2. The van der Waals surface area contributed by atoms with Crippen molar-refractivity contribution >= 4 is 28.5 Å². The van der Waals surface area contributed by atoms with Gasteiger partial charge in [-0.25, -0.2) is 14.8 Å². The molecule has 0 bridgehead atoms. The van der Waals surface area contributed by atoms with Crippen LogP contribution in [0.3, 0.4) is 0 Å². The molecule has 180 valence electrons. The minimum absolute atomic E-state index is 0.0765. The standard InChI is InChI=1S/C23H17ClF3N5O3/c1-11-16(21-30-18-14(34-2)8-12(10-28-24)9-15(18)35-21)22(33)32-20(29-11)17(13-6-4-3-5-7-13)19(31-32)23(25,26)27/h3-9,28,31H,10H2,1-2H3. The maximum absolute atomic E-state index is 13.9. The minimum Gasteiger partial charge on any atom is -0.494 e. The zero-order valence-electron chi connectivity index (χ0n) is 18.3. The van der Waals surface area contributed by atoms with Gasteiger partial charge in [-0.2, -0.15) is 17.7 Å². The number of ether oxygens (including phenoxy) is 1. The van der Waals surface area contributed by atoms with E-state index in [0.29, 0.717) is 23.4 Å². The van der Waals surface area contributed by atoms with Crippen LogP contribution in [0.15, 0.2) is 51.7 Å². The lowest BCUT2D eigenvalue weighted by Crippen LogP contribution is -2.19. The van der Waals surface area contributed by atoms with Gasteiger partial charge in [0.05, 0.1) is 18.4 Å². The van der Waals surface area contributed by atoms with Gasteiger partial charge < -0.3 is 9.15 Å². The highest BCUT2D eigenvalue weighted by Gasteiger charge is 2.38. The van der Waals surface area contributed by atoms with Crippen LogP contribution in [0, 0.1) is 6.92 Å². The summed E-state index contributed by atoms with van der Waals surface area (Å²) >= 11 is 5.60. The smallest absolute Gasteiger partial charge is 0.433 e. The number of nitrogens with zero attached hydrogens (tertiary/aromatic N) is 3. The number of rotatable bonds is 5. The van der Waals surface area contributed by atoms with Gasteiger partial charge in [0.25, 0.3) is 5.56 Å². The van der Waals surface area contributed by atoms with Crippen molar-refractivity contribution in [1.82, 2.24) is 24.4 Å². The van der Waals surface area contributed by atoms with Gasteiger partial charge in [-0.3, -0.25) is 9.89 Å². The highest BCUT2D eigenvalue weighted by molar-refractivity contribution is 6.13. The number of fused-ring (bicyclic) bond motifs is 2. The van der Waals surface area contributed by atoms with Crippen LogP contribution in [0.2, 0.25) is 0 Å². The molecule has 0 amide bonds. The second-order valence-corrected chi connectivity index (χ2v) is 8.00. The molecule has 0 saturated heterocycles. The van der Waals surface area contributed by atoms with Gasteiger partial charge >= 0.3 is 6.18 Å². The van der Waals surface area contributed by atoms with Crippen LogP contribution in [0.4, 0.5) is 13.2 Å². The summed E-state index contributed by atoms with van der Waals surface area (Å²) in [5.74, 6) is 0.292. The number of aryl methyl sites for hydroxylation is 1. The van der Waals surface area contributed by atoms with Gasteiger partial charge in [0, 0.05) is 6.54 Å². The molecular formula is C23H17ClF3N5O3. The Labute approximate surface area is 200 Å². The number of oxazole rings is 1. The van der Waals surface area contributed by atoms with E-state index in [-0.39, 0.29) is 33.9 Å². The monoisotopic (exact) mass is 503 g/mol. The molecule has 0 aliphatic carbocycles. The molecule has 2 aromatic carbocycles. The van der Waals surface area contributed by atoms with Crippen LogP contribution in [-0.2, 0) is 12.7 Å². The summed E-state index contributed by atoms with van der Waals surface area (Å²) in [6, 6.07) is 11.3. The number of aromatic amines is 1. The molecule has 0 aliphatic heterocycles. The summed E-state index contributed by atoms with van der Waals surface area (Å²) in [5, 5.41) is 2.19. The molecule has 5 aromatic rings. The van der Waals surface area contributed by atoms with E-state index in [0.717, 1.165) is 10.1 Å². The van der Waals surface area contributed by atoms with Gasteiger partial charge in [0.1, 0.15) is 17.0 Å². The summed E-state index contributed by atoms with van der Waals surface area (Å²) in [6.07, 6.45) is -4.75. The average Bonchev–Trinajstić information content (AvgIpc) is 3.41. The molecule has 2 N–H and O–H groups in total. The Kier molecular flexibility index (Phi) is 5.53. The van der Waals surface area contributed by atoms with Crippen LogP contribution in [-0.4, -0.2) is 26.7 Å². The Morgan fingerprint density at radius 1 is 1.17 bits per heavy atom. The lowest BCUT2D eigenvalue weighted by molar-refractivity contribution is -0.140. The average molecular weight is 504 g/mol. The predicted molar refractivity (Wildman–Crippen MR) is 123 cm³/mol. The molecule has 12 heteroatoms. The number of alkyl halides is 3. The van der Waals surface area contributed by atoms with Crippen LogP contribution >= 0.6 is 11.8 Å². The molecule has 3 heterocycles. The number of H-pyrrole nitrogens is 1. The molecule has 5 rings (SSSR count). The van der Waals surface area contributed by atoms with E-state index >= 15 is 0 Å². The Hall–Kier alpha value is -3.83. The topological polar surface area (TPSA) is 97.5 Å². The number of halogens is 4. The quantitative estimate of drug-likeness (QED) is 0.325. The SMILES string of the molecule is COc1cc(CNCl)cc2oc(-c3c(C)nc4c(-c5ccccc5)c(C(F)(F)F)[nH]n4c3=O)nc12. The third kappa shape index (κ3) is 3.82. The minimum atomic E-state index is -4.75. The molecule has 0 spiro atoms. The first-order valence-electron chi connectivity index (χ1n) is 10.3. The van der Waals surface area contributed by atoms with Crippen molar-refractivity contribution in [3.05, 3.63) is 69.8 Å². The molecule has 8 nitrogen and oxygen atoms in total. The third-order valence-electron chi connectivity index (χ3n) is 5.53. The van der Waals surface area contributed by atoms with E-state index in [2.05, 4.69) is 19.9 Å². The van der Waals surface area contributed by atoms with E-state index in [9.17, 15) is 18.0 Å². The Balaban J connectivity index is 1.78. The first-order chi connectivity index (χ1) is 16.7. The highest BCUT2D eigenvalue weighted by atomic mass is 35.5. The number of aromatic nitrogens is 4. The summed E-state index contributed by atoms with van der Waals surface area (Å²) < 4.78 is 53.7. The Morgan fingerprint density at radius 2 is 1.91 bits per heavy atom. The molecule has 0 radical (unpaired) electrons. The lowest BCUT2D eigenvalue weighted by atomic mass is 10.1. The number of methoxy groups -OCH3 is 1. The molecular weight excluding hydrogens is 487 g/mol. The second-order valence-electron chi connectivity index (χ2n) is 7.74. The number of nitrogens with one attached hydrogen (secondary N) is 2. The van der Waals surface area contributed by atoms with Crippen LogP contribution in [0.25, 0.3) is 39.3 Å². The van der Waals surface area contributed by atoms with Crippen LogP contribution in [0.1, 0.15) is 17.0 Å². The molecule has 35 heavy (non-hydrogen) atoms. The van der Waals surface area contributed by atoms with Crippen molar-refractivity contribution in [2.24, 2.45) is 0 Å².